The second-order valence-corrected chi connectivity index (χ2v) is 6.61. The van der Waals surface area contributed by atoms with Crippen LogP contribution in [0.4, 0.5) is 5.69 Å². The SMILES string of the molecule is CC(C)(C)c1ccc(O)c([N+](=O)[O-])c1C(C)(C)C. The van der Waals surface area contributed by atoms with E-state index < -0.39 is 10.3 Å². The Bertz CT molecular complexity index is 479. The van der Waals surface area contributed by atoms with Crippen LogP contribution in [0.2, 0.25) is 0 Å². The number of nitro groups is 1. The number of phenols is 1. The van der Waals surface area contributed by atoms with Gasteiger partial charge in [0.1, 0.15) is 0 Å². The Kier molecular flexibility index (Phi) is 3.43. The standard InChI is InChI=1S/C14H21NO3/c1-13(2,3)9-7-8-10(16)12(15(17)18)11(9)14(4,5)6/h7-8,16H,1-6H3. The van der Waals surface area contributed by atoms with Gasteiger partial charge in [-0.05, 0) is 22.5 Å². The van der Waals surface area contributed by atoms with Crippen LogP contribution in [0.15, 0.2) is 12.1 Å². The molecular formula is C14H21NO3. The van der Waals surface area contributed by atoms with E-state index >= 15 is 0 Å². The molecule has 4 heteroatoms. The summed E-state index contributed by atoms with van der Waals surface area (Å²) in [4.78, 5) is 10.7. The molecular weight excluding hydrogens is 230 g/mol. The van der Waals surface area contributed by atoms with Crippen molar-refractivity contribution in [1.82, 2.24) is 0 Å². The summed E-state index contributed by atoms with van der Waals surface area (Å²) in [5.74, 6) is -0.266. The largest absolute Gasteiger partial charge is 0.502 e. The summed E-state index contributed by atoms with van der Waals surface area (Å²) in [6, 6.07) is 3.19. The van der Waals surface area contributed by atoms with E-state index in [0.29, 0.717) is 5.56 Å². The van der Waals surface area contributed by atoms with Crippen LogP contribution in [0, 0.1) is 10.1 Å². The molecule has 0 unspecified atom stereocenters. The summed E-state index contributed by atoms with van der Waals surface area (Å²) in [6.45, 7) is 11.8. The fourth-order valence-electron chi connectivity index (χ4n) is 2.15. The Labute approximate surface area is 108 Å². The minimum Gasteiger partial charge on any atom is -0.502 e. The molecule has 0 aromatic heterocycles. The first-order valence-corrected chi connectivity index (χ1v) is 5.97. The summed E-state index contributed by atoms with van der Waals surface area (Å²) >= 11 is 0. The Morgan fingerprint density at radius 3 is 1.89 bits per heavy atom. The summed E-state index contributed by atoms with van der Waals surface area (Å²) < 4.78 is 0. The van der Waals surface area contributed by atoms with E-state index in [1.165, 1.54) is 6.07 Å². The Morgan fingerprint density at radius 1 is 1.06 bits per heavy atom. The van der Waals surface area contributed by atoms with E-state index in [9.17, 15) is 15.2 Å². The Hall–Kier alpha value is -1.58. The molecule has 0 fully saturated rings. The smallest absolute Gasteiger partial charge is 0.314 e. The molecule has 1 aromatic carbocycles. The van der Waals surface area contributed by atoms with Crippen LogP contribution >= 0.6 is 0 Å². The Morgan fingerprint density at radius 2 is 1.56 bits per heavy atom. The van der Waals surface area contributed by atoms with Gasteiger partial charge in [-0.3, -0.25) is 10.1 Å². The van der Waals surface area contributed by atoms with E-state index in [-0.39, 0.29) is 16.9 Å². The zero-order valence-corrected chi connectivity index (χ0v) is 11.9. The molecule has 0 atom stereocenters. The van der Waals surface area contributed by atoms with E-state index in [0.717, 1.165) is 5.56 Å². The van der Waals surface area contributed by atoms with Gasteiger partial charge in [0.2, 0.25) is 0 Å². The third-order valence-electron chi connectivity index (χ3n) is 2.90. The van der Waals surface area contributed by atoms with Crippen LogP contribution in [0.5, 0.6) is 5.75 Å². The average molecular weight is 251 g/mol. The molecule has 0 aliphatic heterocycles. The van der Waals surface area contributed by atoms with Crippen molar-refractivity contribution in [2.24, 2.45) is 0 Å². The first-order chi connectivity index (χ1) is 7.96. The molecule has 0 aliphatic carbocycles. The fraction of sp³-hybridized carbons (Fsp3) is 0.571. The third kappa shape index (κ3) is 2.63. The zero-order chi connectivity index (χ0) is 14.3. The molecule has 1 N–H and O–H groups in total. The lowest BCUT2D eigenvalue weighted by atomic mass is 9.74. The fourth-order valence-corrected chi connectivity index (χ4v) is 2.15. The molecule has 4 nitrogen and oxygen atoms in total. The number of phenolic OH excluding ortho intramolecular Hbond substituents is 1. The average Bonchev–Trinajstić information content (AvgIpc) is 2.12. The summed E-state index contributed by atoms with van der Waals surface area (Å²) in [7, 11) is 0. The summed E-state index contributed by atoms with van der Waals surface area (Å²) in [5, 5.41) is 21.0. The van der Waals surface area contributed by atoms with Crippen LogP contribution in [0.1, 0.15) is 52.7 Å². The number of benzene rings is 1. The van der Waals surface area contributed by atoms with Gasteiger partial charge in [-0.15, -0.1) is 0 Å². The first kappa shape index (κ1) is 14.5. The van der Waals surface area contributed by atoms with Crippen LogP contribution in [0.25, 0.3) is 0 Å². The van der Waals surface area contributed by atoms with Crippen molar-refractivity contribution in [3.63, 3.8) is 0 Å². The zero-order valence-electron chi connectivity index (χ0n) is 11.9. The highest BCUT2D eigenvalue weighted by atomic mass is 16.6. The maximum atomic E-state index is 11.2. The molecule has 0 amide bonds. The normalized spacial score (nSPS) is 12.6. The molecule has 0 aliphatic rings. The second kappa shape index (κ2) is 4.26. The minimum absolute atomic E-state index is 0.171. The first-order valence-electron chi connectivity index (χ1n) is 5.97. The Balaban J connectivity index is 3.78. The van der Waals surface area contributed by atoms with Gasteiger partial charge < -0.3 is 5.11 Å². The second-order valence-electron chi connectivity index (χ2n) is 6.61. The quantitative estimate of drug-likeness (QED) is 0.608. The van der Waals surface area contributed by atoms with Crippen molar-refractivity contribution in [3.8, 4) is 5.75 Å². The molecule has 0 spiro atoms. The molecule has 100 valence electrons. The van der Waals surface area contributed by atoms with Crippen molar-refractivity contribution in [1.29, 1.82) is 0 Å². The van der Waals surface area contributed by atoms with Gasteiger partial charge in [0, 0.05) is 5.56 Å². The van der Waals surface area contributed by atoms with Crippen molar-refractivity contribution >= 4 is 5.69 Å². The van der Waals surface area contributed by atoms with Gasteiger partial charge >= 0.3 is 5.69 Å². The molecule has 0 saturated carbocycles. The summed E-state index contributed by atoms with van der Waals surface area (Å²) in [6.07, 6.45) is 0. The number of nitrogens with zero attached hydrogens (tertiary/aromatic N) is 1. The molecule has 0 heterocycles. The highest BCUT2D eigenvalue weighted by molar-refractivity contribution is 5.59. The predicted molar refractivity (Wildman–Crippen MR) is 72.2 cm³/mol. The van der Waals surface area contributed by atoms with Gasteiger partial charge in [0.05, 0.1) is 4.92 Å². The monoisotopic (exact) mass is 251 g/mol. The number of nitro benzene ring substituents is 1. The topological polar surface area (TPSA) is 63.4 Å². The number of rotatable bonds is 1. The van der Waals surface area contributed by atoms with Gasteiger partial charge in [-0.2, -0.15) is 0 Å². The highest BCUT2D eigenvalue weighted by Gasteiger charge is 2.34. The lowest BCUT2D eigenvalue weighted by molar-refractivity contribution is -0.387. The van der Waals surface area contributed by atoms with Crippen molar-refractivity contribution in [2.75, 3.05) is 0 Å². The maximum Gasteiger partial charge on any atom is 0.314 e. The van der Waals surface area contributed by atoms with E-state index in [1.807, 2.05) is 41.5 Å². The molecule has 0 radical (unpaired) electrons. The minimum atomic E-state index is -0.495. The lowest BCUT2D eigenvalue weighted by Crippen LogP contribution is -2.23. The number of hydrogen-bond acceptors (Lipinski definition) is 3. The number of hydrogen-bond donors (Lipinski definition) is 1. The van der Waals surface area contributed by atoms with E-state index in [2.05, 4.69) is 0 Å². The lowest BCUT2D eigenvalue weighted by Gasteiger charge is -2.29. The van der Waals surface area contributed by atoms with Crippen LogP contribution < -0.4 is 0 Å². The van der Waals surface area contributed by atoms with Crippen LogP contribution in [-0.2, 0) is 10.8 Å². The van der Waals surface area contributed by atoms with Crippen LogP contribution in [0.3, 0.4) is 0 Å². The van der Waals surface area contributed by atoms with Crippen molar-refractivity contribution < 1.29 is 10.0 Å². The van der Waals surface area contributed by atoms with Crippen molar-refractivity contribution in [2.45, 2.75) is 52.4 Å². The van der Waals surface area contributed by atoms with Gasteiger partial charge in [-0.25, -0.2) is 0 Å². The third-order valence-corrected chi connectivity index (χ3v) is 2.90. The van der Waals surface area contributed by atoms with Gasteiger partial charge in [0.15, 0.2) is 5.75 Å². The summed E-state index contributed by atoms with van der Waals surface area (Å²) in [5.41, 5.74) is 0.736. The van der Waals surface area contributed by atoms with Gasteiger partial charge in [-0.1, -0.05) is 47.6 Å². The predicted octanol–water partition coefficient (Wildman–Crippen LogP) is 3.90. The van der Waals surface area contributed by atoms with Crippen LogP contribution in [-0.4, -0.2) is 10.0 Å². The molecule has 18 heavy (non-hydrogen) atoms. The van der Waals surface area contributed by atoms with E-state index in [1.54, 1.807) is 6.07 Å². The molecule has 0 saturated heterocycles. The molecule has 0 bridgehead atoms. The van der Waals surface area contributed by atoms with E-state index in [4.69, 9.17) is 0 Å². The number of aromatic hydroxyl groups is 1. The highest BCUT2D eigenvalue weighted by Crippen LogP contribution is 2.43. The molecule has 1 aromatic rings. The van der Waals surface area contributed by atoms with Crippen molar-refractivity contribution in [3.05, 3.63) is 33.4 Å². The maximum absolute atomic E-state index is 11.2. The van der Waals surface area contributed by atoms with Gasteiger partial charge in [0.25, 0.3) is 0 Å². The molecule has 1 rings (SSSR count).